The Balaban J connectivity index is 1.94. The van der Waals surface area contributed by atoms with Crippen LogP contribution in [0.25, 0.3) is 33.6 Å². The third-order valence-electron chi connectivity index (χ3n) is 4.66. The van der Waals surface area contributed by atoms with Crippen molar-refractivity contribution in [3.63, 3.8) is 0 Å². The average Bonchev–Trinajstić information content (AvgIpc) is 2.69. The van der Waals surface area contributed by atoms with Crippen molar-refractivity contribution in [1.82, 2.24) is 4.98 Å². The van der Waals surface area contributed by atoms with E-state index in [-0.39, 0.29) is 0 Å². The SMILES string of the molecule is Cc1ccc(-c2cc(-c3ccccc3)cc(-c3ccccc3)n2)c(C)c1. The zero-order valence-electron chi connectivity index (χ0n) is 15.1. The van der Waals surface area contributed by atoms with E-state index in [9.17, 15) is 0 Å². The highest BCUT2D eigenvalue weighted by Crippen LogP contribution is 2.31. The fourth-order valence-electron chi connectivity index (χ4n) is 3.32. The lowest BCUT2D eigenvalue weighted by molar-refractivity contribution is 1.29. The van der Waals surface area contributed by atoms with Gasteiger partial charge in [-0.15, -0.1) is 0 Å². The lowest BCUT2D eigenvalue weighted by atomic mass is 9.97. The third kappa shape index (κ3) is 3.29. The van der Waals surface area contributed by atoms with Gasteiger partial charge in [0.25, 0.3) is 0 Å². The summed E-state index contributed by atoms with van der Waals surface area (Å²) in [6.07, 6.45) is 0. The molecule has 1 heterocycles. The van der Waals surface area contributed by atoms with Gasteiger partial charge in [0.05, 0.1) is 11.4 Å². The third-order valence-corrected chi connectivity index (χ3v) is 4.66. The number of hydrogen-bond acceptors (Lipinski definition) is 1. The predicted molar refractivity (Wildman–Crippen MR) is 110 cm³/mol. The molecule has 4 aromatic rings. The van der Waals surface area contributed by atoms with Gasteiger partial charge in [-0.25, -0.2) is 4.98 Å². The molecule has 4 rings (SSSR count). The molecule has 26 heavy (non-hydrogen) atoms. The Bertz CT molecular complexity index is 976. The zero-order chi connectivity index (χ0) is 17.9. The van der Waals surface area contributed by atoms with Crippen LogP contribution in [-0.2, 0) is 0 Å². The average molecular weight is 335 g/mol. The van der Waals surface area contributed by atoms with Crippen LogP contribution in [0, 0.1) is 13.8 Å². The number of pyridine rings is 1. The molecule has 3 aromatic carbocycles. The fourth-order valence-corrected chi connectivity index (χ4v) is 3.32. The number of hydrogen-bond donors (Lipinski definition) is 0. The first-order valence-corrected chi connectivity index (χ1v) is 8.91. The lowest BCUT2D eigenvalue weighted by Crippen LogP contribution is -1.93. The summed E-state index contributed by atoms with van der Waals surface area (Å²) in [4.78, 5) is 4.99. The number of rotatable bonds is 3. The number of aromatic nitrogens is 1. The van der Waals surface area contributed by atoms with Crippen LogP contribution < -0.4 is 0 Å². The van der Waals surface area contributed by atoms with Crippen molar-refractivity contribution in [3.05, 3.63) is 102 Å². The summed E-state index contributed by atoms with van der Waals surface area (Å²) in [5.41, 5.74) is 9.26. The molecule has 126 valence electrons. The molecule has 0 N–H and O–H groups in total. The van der Waals surface area contributed by atoms with E-state index in [1.165, 1.54) is 27.8 Å². The van der Waals surface area contributed by atoms with Crippen molar-refractivity contribution in [3.8, 4) is 33.6 Å². The standard InChI is InChI=1S/C25H21N/c1-18-13-14-23(19(2)15-18)25-17-22(20-9-5-3-6-10-20)16-24(26-25)21-11-7-4-8-12-21/h3-17H,1-2H3. The second kappa shape index (κ2) is 6.97. The number of benzene rings is 3. The van der Waals surface area contributed by atoms with Crippen molar-refractivity contribution in [2.45, 2.75) is 13.8 Å². The molecular weight excluding hydrogens is 314 g/mol. The summed E-state index contributed by atoms with van der Waals surface area (Å²) < 4.78 is 0. The predicted octanol–water partition coefficient (Wildman–Crippen LogP) is 6.70. The van der Waals surface area contributed by atoms with E-state index in [0.717, 1.165) is 17.0 Å². The molecule has 0 fully saturated rings. The Labute approximate surface area is 155 Å². The first-order chi connectivity index (χ1) is 12.7. The van der Waals surface area contributed by atoms with Crippen molar-refractivity contribution >= 4 is 0 Å². The molecule has 0 unspecified atom stereocenters. The molecule has 0 bridgehead atoms. The Kier molecular flexibility index (Phi) is 4.37. The van der Waals surface area contributed by atoms with Crippen LogP contribution in [0.1, 0.15) is 11.1 Å². The van der Waals surface area contributed by atoms with E-state index in [0.29, 0.717) is 0 Å². The minimum absolute atomic E-state index is 1.00. The van der Waals surface area contributed by atoms with Gasteiger partial charge in [0.1, 0.15) is 0 Å². The smallest absolute Gasteiger partial charge is 0.0718 e. The molecule has 0 spiro atoms. The van der Waals surface area contributed by atoms with Gasteiger partial charge in [-0.3, -0.25) is 0 Å². The van der Waals surface area contributed by atoms with Gasteiger partial charge in [-0.2, -0.15) is 0 Å². The van der Waals surface area contributed by atoms with E-state index in [4.69, 9.17) is 4.98 Å². The molecular formula is C25H21N. The highest BCUT2D eigenvalue weighted by molar-refractivity contribution is 5.77. The monoisotopic (exact) mass is 335 g/mol. The zero-order valence-corrected chi connectivity index (χ0v) is 15.1. The summed E-state index contributed by atoms with van der Waals surface area (Å²) >= 11 is 0. The molecule has 0 saturated heterocycles. The molecule has 0 radical (unpaired) electrons. The highest BCUT2D eigenvalue weighted by atomic mass is 14.7. The van der Waals surface area contributed by atoms with E-state index < -0.39 is 0 Å². The van der Waals surface area contributed by atoms with Crippen LogP contribution in [0.15, 0.2) is 91.0 Å². The van der Waals surface area contributed by atoms with Gasteiger partial charge in [-0.1, -0.05) is 84.4 Å². The van der Waals surface area contributed by atoms with Gasteiger partial charge >= 0.3 is 0 Å². The maximum Gasteiger partial charge on any atom is 0.0718 e. The van der Waals surface area contributed by atoms with Crippen molar-refractivity contribution < 1.29 is 0 Å². The Morgan fingerprint density at radius 2 is 1.15 bits per heavy atom. The van der Waals surface area contributed by atoms with Crippen LogP contribution in [0.5, 0.6) is 0 Å². The van der Waals surface area contributed by atoms with E-state index >= 15 is 0 Å². The molecule has 0 aliphatic carbocycles. The second-order valence-electron chi connectivity index (χ2n) is 6.68. The molecule has 1 nitrogen and oxygen atoms in total. The number of aryl methyl sites for hydroxylation is 2. The lowest BCUT2D eigenvalue weighted by Gasteiger charge is -2.12. The second-order valence-corrected chi connectivity index (χ2v) is 6.68. The maximum atomic E-state index is 4.99. The van der Waals surface area contributed by atoms with Crippen LogP contribution in [0.2, 0.25) is 0 Å². The summed E-state index contributed by atoms with van der Waals surface area (Å²) in [6, 6.07) is 31.8. The summed E-state index contributed by atoms with van der Waals surface area (Å²) in [6.45, 7) is 4.28. The largest absolute Gasteiger partial charge is 0.248 e. The van der Waals surface area contributed by atoms with Gasteiger partial charge in [0, 0.05) is 11.1 Å². The van der Waals surface area contributed by atoms with Gasteiger partial charge in [-0.05, 0) is 42.7 Å². The normalized spacial score (nSPS) is 10.7. The summed E-state index contributed by atoms with van der Waals surface area (Å²) in [7, 11) is 0. The molecule has 0 aliphatic rings. The summed E-state index contributed by atoms with van der Waals surface area (Å²) in [5.74, 6) is 0. The Hall–Kier alpha value is -3.19. The maximum absolute atomic E-state index is 4.99. The first-order valence-electron chi connectivity index (χ1n) is 8.91. The van der Waals surface area contributed by atoms with Crippen molar-refractivity contribution in [2.75, 3.05) is 0 Å². The van der Waals surface area contributed by atoms with Crippen molar-refractivity contribution in [1.29, 1.82) is 0 Å². The van der Waals surface area contributed by atoms with Crippen LogP contribution in [-0.4, -0.2) is 4.98 Å². The molecule has 0 amide bonds. The number of nitrogens with zero attached hydrogens (tertiary/aromatic N) is 1. The van der Waals surface area contributed by atoms with E-state index in [2.05, 4.69) is 92.7 Å². The minimum atomic E-state index is 1.00. The van der Waals surface area contributed by atoms with E-state index in [1.54, 1.807) is 0 Å². The molecule has 0 aliphatic heterocycles. The topological polar surface area (TPSA) is 12.9 Å². The molecule has 0 saturated carbocycles. The Morgan fingerprint density at radius 3 is 1.81 bits per heavy atom. The minimum Gasteiger partial charge on any atom is -0.248 e. The van der Waals surface area contributed by atoms with E-state index in [1.807, 2.05) is 12.1 Å². The molecule has 1 heteroatoms. The van der Waals surface area contributed by atoms with Crippen LogP contribution in [0.4, 0.5) is 0 Å². The highest BCUT2D eigenvalue weighted by Gasteiger charge is 2.10. The van der Waals surface area contributed by atoms with Gasteiger partial charge in [0.15, 0.2) is 0 Å². The Morgan fingerprint density at radius 1 is 0.538 bits per heavy atom. The van der Waals surface area contributed by atoms with Gasteiger partial charge in [0.2, 0.25) is 0 Å². The molecule has 0 atom stereocenters. The quantitative estimate of drug-likeness (QED) is 0.406. The summed E-state index contributed by atoms with van der Waals surface area (Å²) in [5, 5.41) is 0. The van der Waals surface area contributed by atoms with Crippen LogP contribution >= 0.6 is 0 Å². The first kappa shape index (κ1) is 16.3. The van der Waals surface area contributed by atoms with Gasteiger partial charge < -0.3 is 0 Å². The van der Waals surface area contributed by atoms with Crippen molar-refractivity contribution in [2.24, 2.45) is 0 Å². The van der Waals surface area contributed by atoms with Crippen LogP contribution in [0.3, 0.4) is 0 Å². The molecule has 1 aromatic heterocycles. The fraction of sp³-hybridized carbons (Fsp3) is 0.0800.